The number of thioether (sulfide) groups is 1. The number of nitrogens with two attached hydrogens (primary N) is 1. The number of benzene rings is 3. The monoisotopic (exact) mass is 530 g/mol. The second-order valence-corrected chi connectivity index (χ2v) is 10.8. The molecule has 1 aromatic heterocycles. The number of aromatic nitrogens is 2. The Hall–Kier alpha value is -2.78. The van der Waals surface area contributed by atoms with Crippen molar-refractivity contribution in [2.24, 2.45) is 10.1 Å². The molecular formula is C24H20Cl2N4O2S2. The zero-order valence-corrected chi connectivity index (χ0v) is 21.2. The molecule has 4 rings (SSSR count). The van der Waals surface area contributed by atoms with Crippen LogP contribution in [-0.4, -0.2) is 24.2 Å². The maximum absolute atomic E-state index is 13.3. The summed E-state index contributed by atoms with van der Waals surface area (Å²) in [7, 11) is -4.16. The van der Waals surface area contributed by atoms with Gasteiger partial charge in [-0.15, -0.1) is 16.2 Å². The van der Waals surface area contributed by atoms with Gasteiger partial charge in [0.1, 0.15) is 4.90 Å². The highest BCUT2D eigenvalue weighted by atomic mass is 35.5. The van der Waals surface area contributed by atoms with Crippen molar-refractivity contribution in [1.29, 1.82) is 0 Å². The lowest BCUT2D eigenvalue weighted by molar-refractivity contribution is 0.595. The molecule has 6 nitrogen and oxygen atoms in total. The first-order chi connectivity index (χ1) is 16.2. The van der Waals surface area contributed by atoms with E-state index in [0.717, 1.165) is 11.1 Å². The molecular weight excluding hydrogens is 511 g/mol. The van der Waals surface area contributed by atoms with Crippen molar-refractivity contribution in [3.63, 3.8) is 0 Å². The summed E-state index contributed by atoms with van der Waals surface area (Å²) in [5.74, 6) is 0.264. The van der Waals surface area contributed by atoms with Gasteiger partial charge in [0.2, 0.25) is 5.96 Å². The largest absolute Gasteiger partial charge is 0.367 e. The summed E-state index contributed by atoms with van der Waals surface area (Å²) in [6, 6.07) is 21.6. The summed E-state index contributed by atoms with van der Waals surface area (Å²) in [4.78, 5) is 0.510. The first kappa shape index (κ1) is 24.3. The van der Waals surface area contributed by atoms with Crippen molar-refractivity contribution in [1.82, 2.24) is 9.78 Å². The smallest absolute Gasteiger partial charge is 0.286 e. The minimum Gasteiger partial charge on any atom is -0.367 e. The van der Waals surface area contributed by atoms with Crippen molar-refractivity contribution in [2.45, 2.75) is 22.5 Å². The second kappa shape index (κ2) is 10.2. The van der Waals surface area contributed by atoms with Crippen LogP contribution >= 0.6 is 35.0 Å². The van der Waals surface area contributed by atoms with Gasteiger partial charge in [-0.05, 0) is 48.4 Å². The summed E-state index contributed by atoms with van der Waals surface area (Å²) in [5, 5.41) is 5.27. The molecule has 0 fully saturated rings. The van der Waals surface area contributed by atoms with Gasteiger partial charge in [-0.2, -0.15) is 18.2 Å². The fourth-order valence-electron chi connectivity index (χ4n) is 3.22. The molecule has 0 aliphatic carbocycles. The highest BCUT2D eigenvalue weighted by Crippen LogP contribution is 2.35. The molecule has 1 heterocycles. The maximum Gasteiger partial charge on any atom is 0.286 e. The Morgan fingerprint density at radius 3 is 2.47 bits per heavy atom. The lowest BCUT2D eigenvalue weighted by Gasteiger charge is -2.12. The fraction of sp³-hybridized carbons (Fsp3) is 0.0833. The highest BCUT2D eigenvalue weighted by Gasteiger charge is 2.22. The molecule has 174 valence electrons. The van der Waals surface area contributed by atoms with E-state index in [1.807, 2.05) is 42.5 Å². The summed E-state index contributed by atoms with van der Waals surface area (Å²) in [5.41, 5.74) is 9.19. The topological polar surface area (TPSA) is 90.3 Å². The third-order valence-corrected chi connectivity index (χ3v) is 8.19. The van der Waals surface area contributed by atoms with Crippen LogP contribution in [0.5, 0.6) is 0 Å². The van der Waals surface area contributed by atoms with Gasteiger partial charge in [0.15, 0.2) is 0 Å². The first-order valence-corrected chi connectivity index (χ1v) is 13.3. The van der Waals surface area contributed by atoms with Gasteiger partial charge in [-0.1, -0.05) is 65.7 Å². The summed E-state index contributed by atoms with van der Waals surface area (Å²) in [6.07, 6.45) is 1.54. The van der Waals surface area contributed by atoms with Crippen molar-refractivity contribution < 1.29 is 8.42 Å². The lowest BCUT2D eigenvalue weighted by Crippen LogP contribution is -2.26. The summed E-state index contributed by atoms with van der Waals surface area (Å²) in [6.45, 7) is 1.74. The Labute approximate surface area is 212 Å². The quantitative estimate of drug-likeness (QED) is 0.187. The molecule has 0 amide bonds. The van der Waals surface area contributed by atoms with Crippen LogP contribution in [0.25, 0.3) is 11.3 Å². The third-order valence-electron chi connectivity index (χ3n) is 4.95. The SMILES string of the molecule is Cc1cc(S(=O)(=O)N=C(N)n2nccc2-c2ccccc2)c(SCc2ccc(Cl)cc2)cc1Cl. The molecule has 0 bridgehead atoms. The van der Waals surface area contributed by atoms with Gasteiger partial charge in [-0.25, -0.2) is 0 Å². The minimum atomic E-state index is -4.16. The minimum absolute atomic E-state index is 0.0322. The molecule has 0 aliphatic heterocycles. The van der Waals surface area contributed by atoms with Gasteiger partial charge >= 0.3 is 0 Å². The number of hydrogen-bond donors (Lipinski definition) is 1. The van der Waals surface area contributed by atoms with Crippen LogP contribution in [0.1, 0.15) is 11.1 Å². The Kier molecular flexibility index (Phi) is 7.33. The molecule has 0 atom stereocenters. The van der Waals surface area contributed by atoms with Crippen LogP contribution in [0.15, 0.2) is 93.2 Å². The predicted molar refractivity (Wildman–Crippen MR) is 139 cm³/mol. The second-order valence-electron chi connectivity index (χ2n) is 7.38. The van der Waals surface area contributed by atoms with Gasteiger partial charge < -0.3 is 5.73 Å². The lowest BCUT2D eigenvalue weighted by atomic mass is 10.1. The maximum atomic E-state index is 13.3. The normalized spacial score (nSPS) is 12.1. The van der Waals surface area contributed by atoms with Crippen LogP contribution in [0.4, 0.5) is 0 Å². The van der Waals surface area contributed by atoms with Crippen molar-refractivity contribution in [3.05, 3.63) is 100 Å². The van der Waals surface area contributed by atoms with E-state index in [2.05, 4.69) is 9.50 Å². The Bertz CT molecular complexity index is 1450. The van der Waals surface area contributed by atoms with Gasteiger partial charge in [0, 0.05) is 26.3 Å². The fourth-order valence-corrected chi connectivity index (χ4v) is 6.04. The zero-order chi connectivity index (χ0) is 24.3. The van der Waals surface area contributed by atoms with Crippen LogP contribution in [0, 0.1) is 6.92 Å². The number of nitrogens with zero attached hydrogens (tertiary/aromatic N) is 3. The van der Waals surface area contributed by atoms with E-state index in [1.54, 1.807) is 31.2 Å². The summed E-state index contributed by atoms with van der Waals surface area (Å²) >= 11 is 13.6. The van der Waals surface area contributed by atoms with E-state index in [1.165, 1.54) is 28.7 Å². The summed E-state index contributed by atoms with van der Waals surface area (Å²) < 4.78 is 31.9. The van der Waals surface area contributed by atoms with E-state index >= 15 is 0 Å². The molecule has 0 aliphatic rings. The van der Waals surface area contributed by atoms with E-state index in [4.69, 9.17) is 28.9 Å². The van der Waals surface area contributed by atoms with Crippen molar-refractivity contribution in [3.8, 4) is 11.3 Å². The average Bonchev–Trinajstić information content (AvgIpc) is 3.31. The molecule has 0 unspecified atom stereocenters. The molecule has 0 radical (unpaired) electrons. The molecule has 0 spiro atoms. The van der Waals surface area contributed by atoms with Crippen molar-refractivity contribution in [2.75, 3.05) is 0 Å². The van der Waals surface area contributed by atoms with E-state index in [0.29, 0.717) is 32.0 Å². The Balaban J connectivity index is 1.69. The highest BCUT2D eigenvalue weighted by molar-refractivity contribution is 7.99. The Morgan fingerprint density at radius 2 is 1.76 bits per heavy atom. The van der Waals surface area contributed by atoms with Gasteiger partial charge in [0.05, 0.1) is 11.9 Å². The van der Waals surface area contributed by atoms with E-state index < -0.39 is 10.0 Å². The molecule has 2 N–H and O–H groups in total. The molecule has 4 aromatic rings. The number of hydrogen-bond acceptors (Lipinski definition) is 4. The first-order valence-electron chi connectivity index (χ1n) is 10.1. The zero-order valence-electron chi connectivity index (χ0n) is 18.0. The predicted octanol–water partition coefficient (Wildman–Crippen LogP) is 6.01. The van der Waals surface area contributed by atoms with Crippen molar-refractivity contribution >= 4 is 50.9 Å². The molecule has 34 heavy (non-hydrogen) atoms. The molecule has 0 saturated heterocycles. The number of aryl methyl sites for hydroxylation is 1. The van der Waals surface area contributed by atoms with E-state index in [9.17, 15) is 8.42 Å². The number of halogens is 2. The van der Waals surface area contributed by atoms with Crippen LogP contribution in [-0.2, 0) is 15.8 Å². The van der Waals surface area contributed by atoms with Crippen LogP contribution in [0.2, 0.25) is 10.0 Å². The van der Waals surface area contributed by atoms with Gasteiger partial charge in [0.25, 0.3) is 10.0 Å². The standard InChI is InChI=1S/C24H20Cl2N4O2S2/c1-16-13-23(22(14-20(16)26)33-15-17-7-9-19(25)10-8-17)34(31,32)29-24(27)30-21(11-12-28-30)18-5-3-2-4-6-18/h2-14H,15H2,1H3,(H2,27,29). The van der Waals surface area contributed by atoms with Crippen LogP contribution in [0.3, 0.4) is 0 Å². The number of sulfonamides is 1. The molecule has 10 heteroatoms. The molecule has 0 saturated carbocycles. The van der Waals surface area contributed by atoms with Crippen LogP contribution < -0.4 is 5.73 Å². The average molecular weight is 531 g/mol. The number of rotatable bonds is 6. The molecule has 3 aromatic carbocycles. The third kappa shape index (κ3) is 5.47. The Morgan fingerprint density at radius 1 is 1.06 bits per heavy atom. The van der Waals surface area contributed by atoms with E-state index in [-0.39, 0.29) is 10.9 Å². The van der Waals surface area contributed by atoms with Gasteiger partial charge in [-0.3, -0.25) is 0 Å².